The van der Waals surface area contributed by atoms with Crippen molar-refractivity contribution in [2.45, 2.75) is 77.2 Å². The molecule has 1 amide bonds. The number of aliphatic carboxylic acids is 1. The standard InChI is InChI=1S/C28H39NO4/c1-17-16-22-26(2,13-12-23(30)29(22)4)19-10-14-27(3)20(24(17)19)11-15-28(27,25(31)32)18-8-6-7-9-21(18)33-5/h6-9,17,19-20,22,24H,10-16H2,1-5H3,(H,31,32)/t17?,19-,20+,22?,24-,26-,27+,28?/m1/s1. The Labute approximate surface area is 197 Å². The number of benzene rings is 1. The Hall–Kier alpha value is -2.04. The highest BCUT2D eigenvalue weighted by Crippen LogP contribution is 2.71. The molecule has 5 heteroatoms. The van der Waals surface area contributed by atoms with Gasteiger partial charge in [0.1, 0.15) is 11.2 Å². The Morgan fingerprint density at radius 2 is 1.82 bits per heavy atom. The molecule has 5 rings (SSSR count). The topological polar surface area (TPSA) is 66.8 Å². The second-order valence-electron chi connectivity index (χ2n) is 11.9. The molecular formula is C28H39NO4. The maximum atomic E-state index is 13.2. The molecule has 0 bridgehead atoms. The fraction of sp³-hybridized carbons (Fsp3) is 0.714. The Morgan fingerprint density at radius 3 is 2.52 bits per heavy atom. The minimum atomic E-state index is -0.925. The quantitative estimate of drug-likeness (QED) is 0.689. The number of amides is 1. The van der Waals surface area contributed by atoms with E-state index in [0.29, 0.717) is 48.3 Å². The van der Waals surface area contributed by atoms with Gasteiger partial charge in [0.15, 0.2) is 0 Å². The molecule has 1 saturated heterocycles. The van der Waals surface area contributed by atoms with Crippen molar-refractivity contribution >= 4 is 11.9 Å². The second kappa shape index (κ2) is 7.48. The Kier molecular flexibility index (Phi) is 5.15. The number of hydrogen-bond donors (Lipinski definition) is 1. The van der Waals surface area contributed by atoms with Gasteiger partial charge in [0, 0.05) is 25.1 Å². The maximum absolute atomic E-state index is 13.2. The number of piperidine rings is 1. The molecule has 3 aliphatic carbocycles. The van der Waals surface area contributed by atoms with Crippen molar-refractivity contribution in [1.29, 1.82) is 0 Å². The summed E-state index contributed by atoms with van der Waals surface area (Å²) in [7, 11) is 3.64. The van der Waals surface area contributed by atoms with Crippen molar-refractivity contribution < 1.29 is 19.4 Å². The SMILES string of the molecule is COc1ccccc1C1(C(=O)O)CC[C@H]2[C@@H]3C(C)CC4N(C)C(=O)CC[C@]4(C)[C@@H]3CC[C@@]21C. The van der Waals surface area contributed by atoms with Crippen LogP contribution in [0.3, 0.4) is 0 Å². The van der Waals surface area contributed by atoms with Crippen molar-refractivity contribution in [3.8, 4) is 5.75 Å². The lowest BCUT2D eigenvalue weighted by molar-refractivity contribution is -0.173. The molecule has 180 valence electrons. The van der Waals surface area contributed by atoms with Crippen LogP contribution in [0.4, 0.5) is 0 Å². The van der Waals surface area contributed by atoms with E-state index in [9.17, 15) is 14.7 Å². The van der Waals surface area contributed by atoms with Crippen LogP contribution in [0, 0.1) is 34.5 Å². The number of hydrogen-bond acceptors (Lipinski definition) is 3. The van der Waals surface area contributed by atoms with Gasteiger partial charge in [-0.05, 0) is 79.1 Å². The van der Waals surface area contributed by atoms with Crippen LogP contribution >= 0.6 is 0 Å². The third-order valence-electron chi connectivity index (χ3n) is 11.1. The number of carboxylic acids is 1. The van der Waals surface area contributed by atoms with E-state index in [0.717, 1.165) is 37.7 Å². The molecule has 3 unspecified atom stereocenters. The number of rotatable bonds is 3. The highest BCUT2D eigenvalue weighted by atomic mass is 16.5. The fourth-order valence-corrected chi connectivity index (χ4v) is 9.41. The summed E-state index contributed by atoms with van der Waals surface area (Å²) in [5.74, 6) is 2.17. The monoisotopic (exact) mass is 453 g/mol. The molecule has 1 aromatic rings. The summed E-state index contributed by atoms with van der Waals surface area (Å²) in [6.07, 6.45) is 6.20. The molecule has 4 aliphatic rings. The molecule has 0 aromatic heterocycles. The average Bonchev–Trinajstić information content (AvgIpc) is 3.12. The van der Waals surface area contributed by atoms with Gasteiger partial charge in [-0.1, -0.05) is 39.0 Å². The van der Waals surface area contributed by atoms with Crippen LogP contribution < -0.4 is 4.74 Å². The summed E-state index contributed by atoms with van der Waals surface area (Å²) in [6.45, 7) is 7.05. The highest BCUT2D eigenvalue weighted by molar-refractivity contribution is 5.84. The van der Waals surface area contributed by atoms with Crippen LogP contribution in [0.2, 0.25) is 0 Å². The lowest BCUT2D eigenvalue weighted by Gasteiger charge is -2.64. The first-order valence-corrected chi connectivity index (χ1v) is 12.7. The molecule has 1 heterocycles. The first-order chi connectivity index (χ1) is 15.6. The molecule has 4 fully saturated rings. The summed E-state index contributed by atoms with van der Waals surface area (Å²) in [4.78, 5) is 27.7. The maximum Gasteiger partial charge on any atom is 0.314 e. The van der Waals surface area contributed by atoms with Crippen LogP contribution in [-0.4, -0.2) is 42.1 Å². The summed E-state index contributed by atoms with van der Waals surface area (Å²) in [5, 5.41) is 10.8. The summed E-state index contributed by atoms with van der Waals surface area (Å²) < 4.78 is 5.69. The second-order valence-corrected chi connectivity index (χ2v) is 11.9. The van der Waals surface area contributed by atoms with Gasteiger partial charge in [-0.3, -0.25) is 9.59 Å². The van der Waals surface area contributed by atoms with Gasteiger partial charge in [0.25, 0.3) is 0 Å². The van der Waals surface area contributed by atoms with E-state index in [2.05, 4.69) is 20.8 Å². The summed E-state index contributed by atoms with van der Waals surface area (Å²) in [5.41, 5.74) is -0.270. The molecule has 1 N–H and O–H groups in total. The number of likely N-dealkylation sites (tertiary alicyclic amines) is 1. The van der Waals surface area contributed by atoms with Crippen molar-refractivity contribution in [2.24, 2.45) is 34.5 Å². The molecule has 5 nitrogen and oxygen atoms in total. The van der Waals surface area contributed by atoms with E-state index >= 15 is 0 Å². The Balaban J connectivity index is 1.59. The smallest absolute Gasteiger partial charge is 0.314 e. The molecule has 33 heavy (non-hydrogen) atoms. The van der Waals surface area contributed by atoms with Crippen LogP contribution in [0.25, 0.3) is 0 Å². The predicted octanol–water partition coefficient (Wildman–Crippen LogP) is 5.13. The minimum Gasteiger partial charge on any atom is -0.496 e. The lowest BCUT2D eigenvalue weighted by Crippen LogP contribution is -2.64. The molecule has 0 radical (unpaired) electrons. The van der Waals surface area contributed by atoms with Gasteiger partial charge in [-0.2, -0.15) is 0 Å². The van der Waals surface area contributed by atoms with Crippen LogP contribution in [0.1, 0.15) is 71.3 Å². The number of fused-ring (bicyclic) bond motifs is 5. The Morgan fingerprint density at radius 1 is 1.12 bits per heavy atom. The van der Waals surface area contributed by atoms with E-state index in [-0.39, 0.29) is 16.7 Å². The van der Waals surface area contributed by atoms with E-state index in [1.54, 1.807) is 7.11 Å². The molecule has 1 aromatic carbocycles. The van der Waals surface area contributed by atoms with E-state index in [4.69, 9.17) is 4.74 Å². The highest BCUT2D eigenvalue weighted by Gasteiger charge is 2.69. The van der Waals surface area contributed by atoms with E-state index in [1.807, 2.05) is 36.2 Å². The van der Waals surface area contributed by atoms with Crippen LogP contribution in [0.15, 0.2) is 24.3 Å². The average molecular weight is 454 g/mol. The van der Waals surface area contributed by atoms with E-state index in [1.165, 1.54) is 0 Å². The molecule has 1 aliphatic heterocycles. The first-order valence-electron chi connectivity index (χ1n) is 12.7. The number of methoxy groups -OCH3 is 1. The van der Waals surface area contributed by atoms with Gasteiger partial charge in [-0.25, -0.2) is 0 Å². The van der Waals surface area contributed by atoms with Crippen LogP contribution in [-0.2, 0) is 15.0 Å². The Bertz CT molecular complexity index is 976. The zero-order chi connectivity index (χ0) is 23.8. The van der Waals surface area contributed by atoms with Crippen molar-refractivity contribution in [3.63, 3.8) is 0 Å². The third kappa shape index (κ3) is 2.77. The number of nitrogens with zero attached hydrogens (tertiary/aromatic N) is 1. The predicted molar refractivity (Wildman–Crippen MR) is 127 cm³/mol. The van der Waals surface area contributed by atoms with Gasteiger partial charge in [0.2, 0.25) is 5.91 Å². The van der Waals surface area contributed by atoms with Crippen LogP contribution in [0.5, 0.6) is 5.75 Å². The zero-order valence-electron chi connectivity index (χ0n) is 20.8. The van der Waals surface area contributed by atoms with Gasteiger partial charge in [-0.15, -0.1) is 0 Å². The fourth-order valence-electron chi connectivity index (χ4n) is 9.41. The lowest BCUT2D eigenvalue weighted by atomic mass is 9.43. The van der Waals surface area contributed by atoms with Gasteiger partial charge in [0.05, 0.1) is 7.11 Å². The minimum absolute atomic E-state index is 0.125. The third-order valence-corrected chi connectivity index (χ3v) is 11.1. The van der Waals surface area contributed by atoms with Gasteiger partial charge < -0.3 is 14.7 Å². The van der Waals surface area contributed by atoms with Gasteiger partial charge >= 0.3 is 5.97 Å². The zero-order valence-corrected chi connectivity index (χ0v) is 20.8. The van der Waals surface area contributed by atoms with Crippen molar-refractivity contribution in [2.75, 3.05) is 14.2 Å². The van der Waals surface area contributed by atoms with Crippen molar-refractivity contribution in [3.05, 3.63) is 29.8 Å². The number of ether oxygens (including phenoxy) is 1. The van der Waals surface area contributed by atoms with Crippen molar-refractivity contribution in [1.82, 2.24) is 4.90 Å². The molecule has 3 saturated carbocycles. The summed E-state index contributed by atoms with van der Waals surface area (Å²) >= 11 is 0. The number of carbonyl (C=O) groups is 2. The first kappa shape index (κ1) is 22.7. The molecular weight excluding hydrogens is 414 g/mol. The number of para-hydroxylation sites is 1. The number of carbonyl (C=O) groups excluding carboxylic acids is 1. The number of carboxylic acid groups (broad SMARTS) is 1. The normalized spacial score (nSPS) is 44.6. The molecule has 0 spiro atoms. The van der Waals surface area contributed by atoms with E-state index < -0.39 is 11.4 Å². The summed E-state index contributed by atoms with van der Waals surface area (Å²) in [6, 6.07) is 8.07. The largest absolute Gasteiger partial charge is 0.496 e. The molecule has 8 atom stereocenters.